The molecule has 2 aromatic heterocycles. The Morgan fingerprint density at radius 1 is 1.31 bits per heavy atom. The van der Waals surface area contributed by atoms with E-state index in [0.717, 1.165) is 10.9 Å². The average molecular weight is 410 g/mol. The summed E-state index contributed by atoms with van der Waals surface area (Å²) >= 11 is 6.17. The average Bonchev–Trinajstić information content (AvgIpc) is 3.14. The summed E-state index contributed by atoms with van der Waals surface area (Å²) in [4.78, 5) is 6.34. The Labute approximate surface area is 171 Å². The molecule has 0 aliphatic rings. The van der Waals surface area contributed by atoms with E-state index in [-0.39, 0.29) is 6.42 Å². The molecule has 0 bridgehead atoms. The first-order chi connectivity index (χ1) is 13.8. The molecular weight excluding hydrogens is 393 g/mol. The SMILES string of the molecule is C#CC(C)(O)Cc1cc(F)cc(N(C)c2nc3nncn3c3cc(Cl)ccc23)c1. The number of hydrogen-bond donors (Lipinski definition) is 1. The van der Waals surface area contributed by atoms with Gasteiger partial charge in [0.25, 0.3) is 5.78 Å². The Morgan fingerprint density at radius 3 is 2.86 bits per heavy atom. The molecule has 1 unspecified atom stereocenters. The molecule has 2 heterocycles. The van der Waals surface area contributed by atoms with Crippen molar-refractivity contribution in [3.63, 3.8) is 0 Å². The van der Waals surface area contributed by atoms with Crippen LogP contribution in [0, 0.1) is 18.2 Å². The monoisotopic (exact) mass is 409 g/mol. The molecule has 2 aromatic carbocycles. The molecule has 0 aliphatic carbocycles. The maximum Gasteiger partial charge on any atom is 0.257 e. The standard InChI is InChI=1S/C21H17ClFN5O/c1-4-21(2,29)11-13-7-15(23)10-16(8-13)27(3)19-17-6-5-14(22)9-18(17)28-12-24-26-20(28)25-19/h1,5-10,12,29H,11H2,2-3H3. The first-order valence-electron chi connectivity index (χ1n) is 8.80. The molecule has 0 amide bonds. The number of terminal acetylenes is 1. The minimum Gasteiger partial charge on any atom is -0.378 e. The number of benzene rings is 2. The van der Waals surface area contributed by atoms with E-state index in [1.807, 2.05) is 6.07 Å². The molecule has 4 rings (SSSR count). The highest BCUT2D eigenvalue weighted by molar-refractivity contribution is 6.31. The van der Waals surface area contributed by atoms with Gasteiger partial charge in [-0.2, -0.15) is 4.98 Å². The summed E-state index contributed by atoms with van der Waals surface area (Å²) in [5.74, 6) is 2.84. The van der Waals surface area contributed by atoms with Gasteiger partial charge in [0.15, 0.2) is 0 Å². The zero-order chi connectivity index (χ0) is 20.8. The van der Waals surface area contributed by atoms with Crippen LogP contribution in [-0.4, -0.2) is 37.3 Å². The minimum absolute atomic E-state index is 0.120. The third kappa shape index (κ3) is 3.60. The first kappa shape index (κ1) is 19.1. The Kier molecular flexibility index (Phi) is 4.61. The van der Waals surface area contributed by atoms with Crippen LogP contribution in [0.25, 0.3) is 16.7 Å². The van der Waals surface area contributed by atoms with Gasteiger partial charge in [0, 0.05) is 29.6 Å². The number of fused-ring (bicyclic) bond motifs is 3. The fourth-order valence-corrected chi connectivity index (χ4v) is 3.45. The smallest absolute Gasteiger partial charge is 0.257 e. The van der Waals surface area contributed by atoms with E-state index < -0.39 is 11.4 Å². The van der Waals surface area contributed by atoms with Crippen LogP contribution < -0.4 is 4.90 Å². The molecule has 6 nitrogen and oxygen atoms in total. The minimum atomic E-state index is -1.37. The fraction of sp³-hybridized carbons (Fsp3) is 0.190. The molecule has 1 atom stereocenters. The Bertz CT molecular complexity index is 1280. The van der Waals surface area contributed by atoms with E-state index >= 15 is 0 Å². The Hall–Kier alpha value is -3.21. The second-order valence-corrected chi connectivity index (χ2v) is 7.51. The topological polar surface area (TPSA) is 66.5 Å². The maximum atomic E-state index is 14.3. The number of rotatable bonds is 4. The normalized spacial score (nSPS) is 13.4. The summed E-state index contributed by atoms with van der Waals surface area (Å²) in [5, 5.41) is 19.5. The van der Waals surface area contributed by atoms with Crippen molar-refractivity contribution in [1.82, 2.24) is 19.6 Å². The van der Waals surface area contributed by atoms with Gasteiger partial charge in [0.1, 0.15) is 23.6 Å². The Morgan fingerprint density at radius 2 is 2.10 bits per heavy atom. The van der Waals surface area contributed by atoms with Crippen LogP contribution in [0.2, 0.25) is 5.02 Å². The zero-order valence-corrected chi connectivity index (χ0v) is 16.5. The van der Waals surface area contributed by atoms with E-state index in [1.54, 1.807) is 40.9 Å². The van der Waals surface area contributed by atoms with Crippen molar-refractivity contribution in [2.24, 2.45) is 0 Å². The molecule has 0 radical (unpaired) electrons. The number of anilines is 2. The van der Waals surface area contributed by atoms with E-state index in [9.17, 15) is 9.50 Å². The molecule has 8 heteroatoms. The summed E-state index contributed by atoms with van der Waals surface area (Å²) in [6.45, 7) is 1.51. The van der Waals surface area contributed by atoms with Crippen LogP contribution in [0.3, 0.4) is 0 Å². The van der Waals surface area contributed by atoms with Gasteiger partial charge in [-0.1, -0.05) is 17.5 Å². The molecular formula is C21H17ClFN5O. The van der Waals surface area contributed by atoms with Gasteiger partial charge in [-0.15, -0.1) is 16.6 Å². The molecule has 4 aromatic rings. The Balaban J connectivity index is 1.86. The van der Waals surface area contributed by atoms with Crippen LogP contribution in [0.4, 0.5) is 15.9 Å². The molecule has 0 saturated heterocycles. The van der Waals surface area contributed by atoms with E-state index in [1.165, 1.54) is 19.1 Å². The molecule has 146 valence electrons. The molecule has 0 fully saturated rings. The van der Waals surface area contributed by atoms with Crippen LogP contribution in [0.15, 0.2) is 42.7 Å². The molecule has 0 aliphatic heterocycles. The van der Waals surface area contributed by atoms with Crippen LogP contribution in [0.5, 0.6) is 0 Å². The number of aliphatic hydroxyl groups is 1. The number of hydrogen-bond acceptors (Lipinski definition) is 5. The van der Waals surface area contributed by atoms with E-state index in [2.05, 4.69) is 21.1 Å². The second kappa shape index (κ2) is 6.99. The van der Waals surface area contributed by atoms with Crippen molar-refractivity contribution >= 4 is 39.8 Å². The number of halogens is 2. The van der Waals surface area contributed by atoms with Crippen molar-refractivity contribution in [3.8, 4) is 12.3 Å². The predicted octanol–water partition coefficient (Wildman–Crippen LogP) is 3.76. The predicted molar refractivity (Wildman–Crippen MR) is 111 cm³/mol. The maximum absolute atomic E-state index is 14.3. The van der Waals surface area contributed by atoms with Crippen molar-refractivity contribution in [2.45, 2.75) is 18.9 Å². The summed E-state index contributed by atoms with van der Waals surface area (Å²) in [6.07, 6.45) is 7.04. The highest BCUT2D eigenvalue weighted by Crippen LogP contribution is 2.32. The number of nitrogens with zero attached hydrogens (tertiary/aromatic N) is 5. The number of aromatic nitrogens is 4. The molecule has 1 N–H and O–H groups in total. The fourth-order valence-electron chi connectivity index (χ4n) is 3.28. The van der Waals surface area contributed by atoms with E-state index in [4.69, 9.17) is 18.0 Å². The van der Waals surface area contributed by atoms with Crippen molar-refractivity contribution in [1.29, 1.82) is 0 Å². The summed E-state index contributed by atoms with van der Waals surface area (Å²) in [5.41, 5.74) is 0.540. The summed E-state index contributed by atoms with van der Waals surface area (Å²) in [6, 6.07) is 9.93. The lowest BCUT2D eigenvalue weighted by atomic mass is 9.97. The quantitative estimate of drug-likeness (QED) is 0.520. The van der Waals surface area contributed by atoms with Gasteiger partial charge in [0.05, 0.1) is 5.52 Å². The van der Waals surface area contributed by atoms with Crippen molar-refractivity contribution in [3.05, 3.63) is 59.1 Å². The van der Waals surface area contributed by atoms with Crippen LogP contribution in [0.1, 0.15) is 12.5 Å². The third-order valence-electron chi connectivity index (χ3n) is 4.70. The van der Waals surface area contributed by atoms with Gasteiger partial charge < -0.3 is 10.0 Å². The van der Waals surface area contributed by atoms with Gasteiger partial charge in [-0.25, -0.2) is 4.39 Å². The van der Waals surface area contributed by atoms with Crippen molar-refractivity contribution < 1.29 is 9.50 Å². The lowest BCUT2D eigenvalue weighted by Crippen LogP contribution is -2.24. The summed E-state index contributed by atoms with van der Waals surface area (Å²) in [7, 11) is 1.78. The lowest BCUT2D eigenvalue weighted by Gasteiger charge is -2.22. The zero-order valence-electron chi connectivity index (χ0n) is 15.8. The highest BCUT2D eigenvalue weighted by atomic mass is 35.5. The first-order valence-corrected chi connectivity index (χ1v) is 9.17. The molecule has 0 spiro atoms. The van der Waals surface area contributed by atoms with Gasteiger partial charge >= 0.3 is 0 Å². The second-order valence-electron chi connectivity index (χ2n) is 7.07. The van der Waals surface area contributed by atoms with Crippen molar-refractivity contribution in [2.75, 3.05) is 11.9 Å². The highest BCUT2D eigenvalue weighted by Gasteiger charge is 2.20. The van der Waals surface area contributed by atoms with Crippen LogP contribution in [-0.2, 0) is 6.42 Å². The van der Waals surface area contributed by atoms with Gasteiger partial charge in [-0.3, -0.25) is 4.40 Å². The van der Waals surface area contributed by atoms with Gasteiger partial charge in [-0.05, 0) is 48.9 Å². The molecule has 29 heavy (non-hydrogen) atoms. The van der Waals surface area contributed by atoms with Gasteiger partial charge in [0.2, 0.25) is 0 Å². The largest absolute Gasteiger partial charge is 0.378 e. The molecule has 0 saturated carbocycles. The summed E-state index contributed by atoms with van der Waals surface area (Å²) < 4.78 is 16.1. The third-order valence-corrected chi connectivity index (χ3v) is 4.94. The van der Waals surface area contributed by atoms with E-state index in [0.29, 0.717) is 27.9 Å². The van der Waals surface area contributed by atoms with Crippen LogP contribution >= 0.6 is 11.6 Å². The lowest BCUT2D eigenvalue weighted by molar-refractivity contribution is 0.123.